The molecular weight excluding hydrogens is 206 g/mol. The van der Waals surface area contributed by atoms with E-state index in [1.165, 1.54) is 64.2 Å². The molecule has 0 radical (unpaired) electrons. The lowest BCUT2D eigenvalue weighted by Gasteiger charge is -2.03. The number of nitrogens with one attached hydrogen (secondary N) is 1. The van der Waals surface area contributed by atoms with Gasteiger partial charge in [0.1, 0.15) is 0 Å². The Balaban J connectivity index is 2.07. The SMILES string of the molecule is CCCCCCCCCc1c[nH]cc1CCC. The number of unbranched alkanes of at least 4 members (excludes halogenated alkanes) is 6. The van der Waals surface area contributed by atoms with E-state index in [1.54, 1.807) is 11.1 Å². The van der Waals surface area contributed by atoms with Crippen LogP contribution in [-0.2, 0) is 12.8 Å². The van der Waals surface area contributed by atoms with E-state index >= 15 is 0 Å². The molecule has 0 aromatic carbocycles. The molecule has 17 heavy (non-hydrogen) atoms. The summed E-state index contributed by atoms with van der Waals surface area (Å²) < 4.78 is 0. The Morgan fingerprint density at radius 2 is 1.29 bits per heavy atom. The summed E-state index contributed by atoms with van der Waals surface area (Å²) in [6.45, 7) is 4.53. The molecule has 0 atom stereocenters. The van der Waals surface area contributed by atoms with Crippen LogP contribution in [0.25, 0.3) is 0 Å². The van der Waals surface area contributed by atoms with Crippen molar-refractivity contribution in [2.24, 2.45) is 0 Å². The normalized spacial score (nSPS) is 10.9. The van der Waals surface area contributed by atoms with Crippen LogP contribution in [0.4, 0.5) is 0 Å². The molecule has 1 rings (SSSR count). The van der Waals surface area contributed by atoms with Gasteiger partial charge in [-0.05, 0) is 30.4 Å². The van der Waals surface area contributed by atoms with Gasteiger partial charge < -0.3 is 4.98 Å². The van der Waals surface area contributed by atoms with Crippen molar-refractivity contribution >= 4 is 0 Å². The van der Waals surface area contributed by atoms with Gasteiger partial charge in [-0.25, -0.2) is 0 Å². The Hall–Kier alpha value is -0.720. The van der Waals surface area contributed by atoms with E-state index in [0.717, 1.165) is 0 Å². The molecule has 1 N–H and O–H groups in total. The van der Waals surface area contributed by atoms with Gasteiger partial charge in [-0.1, -0.05) is 58.8 Å². The van der Waals surface area contributed by atoms with Gasteiger partial charge in [0.25, 0.3) is 0 Å². The molecular formula is C16H29N. The molecule has 1 aromatic rings. The Labute approximate surface area is 107 Å². The lowest BCUT2D eigenvalue weighted by molar-refractivity contribution is 0.588. The van der Waals surface area contributed by atoms with Crippen LogP contribution in [0.15, 0.2) is 12.4 Å². The van der Waals surface area contributed by atoms with E-state index in [4.69, 9.17) is 0 Å². The summed E-state index contributed by atoms with van der Waals surface area (Å²) >= 11 is 0. The van der Waals surface area contributed by atoms with E-state index < -0.39 is 0 Å². The highest BCUT2D eigenvalue weighted by Gasteiger charge is 2.02. The van der Waals surface area contributed by atoms with Crippen molar-refractivity contribution in [2.75, 3.05) is 0 Å². The molecule has 98 valence electrons. The van der Waals surface area contributed by atoms with E-state index in [-0.39, 0.29) is 0 Å². The third-order valence-corrected chi connectivity index (χ3v) is 3.50. The smallest absolute Gasteiger partial charge is 0.00401 e. The van der Waals surface area contributed by atoms with Gasteiger partial charge in [0.2, 0.25) is 0 Å². The van der Waals surface area contributed by atoms with Gasteiger partial charge in [0.05, 0.1) is 0 Å². The van der Waals surface area contributed by atoms with Gasteiger partial charge in [0.15, 0.2) is 0 Å². The van der Waals surface area contributed by atoms with Gasteiger partial charge in [-0.2, -0.15) is 0 Å². The maximum Gasteiger partial charge on any atom is 0.00401 e. The maximum atomic E-state index is 3.25. The average Bonchev–Trinajstić information content (AvgIpc) is 2.76. The minimum atomic E-state index is 1.23. The Bertz CT molecular complexity index is 275. The third-order valence-electron chi connectivity index (χ3n) is 3.50. The molecule has 0 aliphatic heterocycles. The van der Waals surface area contributed by atoms with Gasteiger partial charge in [-0.15, -0.1) is 0 Å². The van der Waals surface area contributed by atoms with Crippen molar-refractivity contribution in [2.45, 2.75) is 78.1 Å². The van der Waals surface area contributed by atoms with Crippen LogP contribution in [0, 0.1) is 0 Å². The number of aryl methyl sites for hydroxylation is 2. The Morgan fingerprint density at radius 3 is 1.94 bits per heavy atom. The summed E-state index contributed by atoms with van der Waals surface area (Å²) in [5.74, 6) is 0. The van der Waals surface area contributed by atoms with E-state index in [0.29, 0.717) is 0 Å². The molecule has 0 saturated carbocycles. The summed E-state index contributed by atoms with van der Waals surface area (Å²) in [4.78, 5) is 3.25. The fourth-order valence-electron chi connectivity index (χ4n) is 2.44. The zero-order valence-electron chi connectivity index (χ0n) is 11.7. The van der Waals surface area contributed by atoms with E-state index in [1.807, 2.05) is 0 Å². The maximum absolute atomic E-state index is 3.25. The van der Waals surface area contributed by atoms with E-state index in [9.17, 15) is 0 Å². The van der Waals surface area contributed by atoms with Crippen LogP contribution in [0.1, 0.15) is 76.3 Å². The number of hydrogen-bond acceptors (Lipinski definition) is 0. The molecule has 0 aliphatic rings. The second-order valence-corrected chi connectivity index (χ2v) is 5.13. The molecule has 1 heteroatoms. The molecule has 1 heterocycles. The third kappa shape index (κ3) is 5.95. The first-order valence-corrected chi connectivity index (χ1v) is 7.53. The first-order valence-electron chi connectivity index (χ1n) is 7.53. The molecule has 0 fully saturated rings. The number of rotatable bonds is 10. The summed E-state index contributed by atoms with van der Waals surface area (Å²) in [7, 11) is 0. The average molecular weight is 235 g/mol. The summed E-state index contributed by atoms with van der Waals surface area (Å²) in [5.41, 5.74) is 3.10. The van der Waals surface area contributed by atoms with Crippen molar-refractivity contribution in [3.05, 3.63) is 23.5 Å². The largest absolute Gasteiger partial charge is 0.367 e. The number of aromatic amines is 1. The second-order valence-electron chi connectivity index (χ2n) is 5.13. The lowest BCUT2D eigenvalue weighted by Crippen LogP contribution is -1.90. The van der Waals surface area contributed by atoms with Crippen LogP contribution >= 0.6 is 0 Å². The molecule has 1 nitrogen and oxygen atoms in total. The Kier molecular flexibility index (Phi) is 7.87. The van der Waals surface area contributed by atoms with Crippen molar-refractivity contribution < 1.29 is 0 Å². The van der Waals surface area contributed by atoms with Crippen molar-refractivity contribution in [1.82, 2.24) is 4.98 Å². The van der Waals surface area contributed by atoms with Crippen LogP contribution in [-0.4, -0.2) is 4.98 Å². The number of aromatic nitrogens is 1. The molecule has 0 unspecified atom stereocenters. The molecule has 1 aromatic heterocycles. The molecule has 0 saturated heterocycles. The topological polar surface area (TPSA) is 15.8 Å². The molecule has 0 amide bonds. The van der Waals surface area contributed by atoms with Gasteiger partial charge >= 0.3 is 0 Å². The second kappa shape index (κ2) is 9.32. The summed E-state index contributed by atoms with van der Waals surface area (Å²) in [6.07, 6.45) is 18.0. The molecule has 0 aliphatic carbocycles. The standard InChI is InChI=1S/C16H29N/c1-3-5-6-7-8-9-10-12-16-14-17-13-15(16)11-4-2/h13-14,17H,3-12H2,1-2H3. The van der Waals surface area contributed by atoms with Gasteiger partial charge in [-0.3, -0.25) is 0 Å². The summed E-state index contributed by atoms with van der Waals surface area (Å²) in [5, 5.41) is 0. The highest BCUT2D eigenvalue weighted by molar-refractivity contribution is 5.23. The van der Waals surface area contributed by atoms with Crippen LogP contribution in [0.3, 0.4) is 0 Å². The summed E-state index contributed by atoms with van der Waals surface area (Å²) in [6, 6.07) is 0. The first kappa shape index (κ1) is 14.3. The van der Waals surface area contributed by atoms with Crippen LogP contribution < -0.4 is 0 Å². The first-order chi connectivity index (χ1) is 8.38. The zero-order valence-corrected chi connectivity index (χ0v) is 11.7. The van der Waals surface area contributed by atoms with Crippen LogP contribution in [0.2, 0.25) is 0 Å². The molecule has 0 bridgehead atoms. The quantitative estimate of drug-likeness (QED) is 0.532. The zero-order chi connectivity index (χ0) is 12.3. The monoisotopic (exact) mass is 235 g/mol. The fourth-order valence-corrected chi connectivity index (χ4v) is 2.44. The molecule has 0 spiro atoms. The van der Waals surface area contributed by atoms with Gasteiger partial charge in [0, 0.05) is 12.4 Å². The fraction of sp³-hybridized carbons (Fsp3) is 0.750. The lowest BCUT2D eigenvalue weighted by atomic mass is 10.0. The number of H-pyrrole nitrogens is 1. The number of hydrogen-bond donors (Lipinski definition) is 1. The minimum Gasteiger partial charge on any atom is -0.367 e. The predicted octanol–water partition coefficient (Wildman–Crippen LogP) is 5.26. The highest BCUT2D eigenvalue weighted by Crippen LogP contribution is 2.15. The minimum absolute atomic E-state index is 1.23. The van der Waals surface area contributed by atoms with Crippen molar-refractivity contribution in [3.63, 3.8) is 0 Å². The Morgan fingerprint density at radius 1 is 0.706 bits per heavy atom. The van der Waals surface area contributed by atoms with Crippen LogP contribution in [0.5, 0.6) is 0 Å². The van der Waals surface area contributed by atoms with Crippen molar-refractivity contribution in [1.29, 1.82) is 0 Å². The van der Waals surface area contributed by atoms with E-state index in [2.05, 4.69) is 31.2 Å². The predicted molar refractivity (Wildman–Crippen MR) is 76.5 cm³/mol. The highest BCUT2D eigenvalue weighted by atomic mass is 14.6. The van der Waals surface area contributed by atoms with Crippen molar-refractivity contribution in [3.8, 4) is 0 Å².